The maximum atomic E-state index is 13.3. The first-order valence-electron chi connectivity index (χ1n) is 7.16. The summed E-state index contributed by atoms with van der Waals surface area (Å²) in [5, 5.41) is 4.23. The van der Waals surface area contributed by atoms with E-state index in [0.717, 1.165) is 18.7 Å². The Kier molecular flexibility index (Phi) is 4.79. The second kappa shape index (κ2) is 6.72. The van der Waals surface area contributed by atoms with Gasteiger partial charge in [0.15, 0.2) is 0 Å². The Balaban J connectivity index is 2.03. The average molecular weight is 389 g/mol. The zero-order valence-corrected chi connectivity index (χ0v) is 14.5. The van der Waals surface area contributed by atoms with Gasteiger partial charge in [0.1, 0.15) is 5.75 Å². The molecule has 2 heterocycles. The van der Waals surface area contributed by atoms with Gasteiger partial charge in [0.2, 0.25) is 6.10 Å². The Morgan fingerprint density at radius 3 is 2.76 bits per heavy atom. The van der Waals surface area contributed by atoms with E-state index in [1.165, 1.54) is 23.5 Å². The van der Waals surface area contributed by atoms with Gasteiger partial charge in [-0.2, -0.15) is 24.5 Å². The van der Waals surface area contributed by atoms with Crippen LogP contribution in [-0.4, -0.2) is 25.4 Å². The quantitative estimate of drug-likeness (QED) is 0.703. The van der Waals surface area contributed by atoms with E-state index in [0.29, 0.717) is 22.6 Å². The number of benzene rings is 1. The Labute approximate surface area is 150 Å². The Bertz CT molecular complexity index is 828. The Hall–Kier alpha value is -1.99. The zero-order chi connectivity index (χ0) is 18.2. The van der Waals surface area contributed by atoms with Crippen molar-refractivity contribution in [3.05, 3.63) is 56.2 Å². The normalized spacial score (nSPS) is 16.7. The maximum Gasteiger partial charge on any atom is 0.430 e. The number of alkyl halides is 3. The first kappa shape index (κ1) is 17.8. The molecule has 3 nitrogen and oxygen atoms in total. The smallest absolute Gasteiger partial charge is 0.430 e. The molecule has 0 amide bonds. The van der Waals surface area contributed by atoms with E-state index < -0.39 is 23.8 Å². The number of rotatable bonds is 3. The highest BCUT2D eigenvalue weighted by molar-refractivity contribution is 7.07. The molecule has 2 aromatic rings. The lowest BCUT2D eigenvalue weighted by Gasteiger charge is -2.28. The number of halogens is 4. The summed E-state index contributed by atoms with van der Waals surface area (Å²) in [6.45, 7) is 0. The van der Waals surface area contributed by atoms with Crippen molar-refractivity contribution in [3.63, 3.8) is 0 Å². The Morgan fingerprint density at radius 2 is 2.16 bits per heavy atom. The minimum absolute atomic E-state index is 0.0320. The van der Waals surface area contributed by atoms with E-state index in [1.54, 1.807) is 0 Å². The van der Waals surface area contributed by atoms with Crippen LogP contribution in [0.5, 0.6) is 5.75 Å². The second-order valence-corrected chi connectivity index (χ2v) is 6.61. The molecule has 1 atom stereocenters. The number of ether oxygens (including phenoxy) is 2. The van der Waals surface area contributed by atoms with Gasteiger partial charge in [-0.25, -0.2) is 4.79 Å². The van der Waals surface area contributed by atoms with Gasteiger partial charge in [0.25, 0.3) is 0 Å². The largest absolute Gasteiger partial charge is 0.475 e. The van der Waals surface area contributed by atoms with E-state index in [-0.39, 0.29) is 5.75 Å². The number of carbonyl (C=O) groups is 1. The number of thiophene rings is 1. The lowest BCUT2D eigenvalue weighted by Crippen LogP contribution is -2.40. The molecule has 25 heavy (non-hydrogen) atoms. The average Bonchev–Trinajstić information content (AvgIpc) is 3.06. The molecule has 1 aliphatic heterocycles. The Morgan fingerprint density at radius 1 is 1.40 bits per heavy atom. The van der Waals surface area contributed by atoms with Crippen LogP contribution in [0.2, 0.25) is 5.02 Å². The summed E-state index contributed by atoms with van der Waals surface area (Å²) in [5.41, 5.74) is 1.35. The van der Waals surface area contributed by atoms with Crippen LogP contribution in [0.15, 0.2) is 34.5 Å². The number of esters is 1. The second-order valence-electron chi connectivity index (χ2n) is 5.42. The van der Waals surface area contributed by atoms with Crippen molar-refractivity contribution in [3.8, 4) is 5.75 Å². The summed E-state index contributed by atoms with van der Waals surface area (Å²) in [6, 6.07) is 4.89. The molecule has 0 aliphatic carbocycles. The fraction of sp³-hybridized carbons (Fsp3) is 0.235. The highest BCUT2D eigenvalue weighted by Crippen LogP contribution is 2.40. The summed E-state index contributed by atoms with van der Waals surface area (Å²) >= 11 is 7.76. The first-order chi connectivity index (χ1) is 11.8. The van der Waals surface area contributed by atoms with Crippen molar-refractivity contribution in [1.29, 1.82) is 0 Å². The number of fused-ring (bicyclic) bond motifs is 1. The van der Waals surface area contributed by atoms with Crippen LogP contribution in [0.4, 0.5) is 13.2 Å². The molecule has 0 fully saturated rings. The third kappa shape index (κ3) is 3.67. The van der Waals surface area contributed by atoms with Crippen LogP contribution >= 0.6 is 22.9 Å². The van der Waals surface area contributed by atoms with Gasteiger partial charge in [0.05, 0.1) is 12.7 Å². The molecule has 1 unspecified atom stereocenters. The molecule has 1 aromatic heterocycles. The van der Waals surface area contributed by atoms with Crippen LogP contribution in [0, 0.1) is 0 Å². The predicted molar refractivity (Wildman–Crippen MR) is 89.0 cm³/mol. The van der Waals surface area contributed by atoms with Gasteiger partial charge in [0, 0.05) is 10.6 Å². The van der Waals surface area contributed by atoms with Crippen molar-refractivity contribution < 1.29 is 27.4 Å². The molecular weight excluding hydrogens is 377 g/mol. The molecule has 1 aromatic carbocycles. The topological polar surface area (TPSA) is 35.5 Å². The molecule has 8 heteroatoms. The molecule has 1 aliphatic rings. The van der Waals surface area contributed by atoms with Gasteiger partial charge in [-0.3, -0.25) is 0 Å². The third-order valence-corrected chi connectivity index (χ3v) is 4.79. The van der Waals surface area contributed by atoms with E-state index in [1.807, 2.05) is 16.8 Å². The summed E-state index contributed by atoms with van der Waals surface area (Å²) in [7, 11) is 1.02. The molecule has 0 spiro atoms. The number of methoxy groups -OCH3 is 1. The van der Waals surface area contributed by atoms with Crippen LogP contribution in [0.1, 0.15) is 16.7 Å². The highest BCUT2D eigenvalue weighted by Gasteiger charge is 2.48. The van der Waals surface area contributed by atoms with Crippen LogP contribution in [0.25, 0.3) is 6.08 Å². The lowest BCUT2D eigenvalue weighted by molar-refractivity contribution is -0.187. The molecular formula is C17H12ClF3O3S. The first-order valence-corrected chi connectivity index (χ1v) is 8.48. The zero-order valence-electron chi connectivity index (χ0n) is 12.9. The molecule has 0 bridgehead atoms. The van der Waals surface area contributed by atoms with E-state index in [2.05, 4.69) is 4.74 Å². The van der Waals surface area contributed by atoms with Crippen LogP contribution in [-0.2, 0) is 16.0 Å². The molecule has 132 valence electrons. The lowest BCUT2D eigenvalue weighted by atomic mass is 9.98. The van der Waals surface area contributed by atoms with E-state index in [4.69, 9.17) is 16.3 Å². The van der Waals surface area contributed by atoms with Crippen molar-refractivity contribution in [2.45, 2.75) is 18.7 Å². The summed E-state index contributed by atoms with van der Waals surface area (Å²) < 4.78 is 49.3. The number of hydrogen-bond donors (Lipinski definition) is 0. The third-order valence-electron chi connectivity index (χ3n) is 3.71. The molecule has 3 rings (SSSR count). The van der Waals surface area contributed by atoms with Crippen molar-refractivity contribution >= 4 is 35.0 Å². The molecule has 0 saturated heterocycles. The molecule has 0 N–H and O–H groups in total. The van der Waals surface area contributed by atoms with Crippen molar-refractivity contribution in [2.75, 3.05) is 7.11 Å². The number of hydrogen-bond acceptors (Lipinski definition) is 4. The minimum Gasteiger partial charge on any atom is -0.475 e. The monoisotopic (exact) mass is 388 g/mol. The number of carbonyl (C=O) groups excluding carboxylic acids is 1. The van der Waals surface area contributed by atoms with Gasteiger partial charge in [-0.1, -0.05) is 11.6 Å². The van der Waals surface area contributed by atoms with Crippen molar-refractivity contribution in [1.82, 2.24) is 0 Å². The van der Waals surface area contributed by atoms with E-state index >= 15 is 0 Å². The van der Waals surface area contributed by atoms with Crippen molar-refractivity contribution in [2.24, 2.45) is 0 Å². The van der Waals surface area contributed by atoms with Gasteiger partial charge in [-0.05, 0) is 52.6 Å². The van der Waals surface area contributed by atoms with E-state index in [9.17, 15) is 18.0 Å². The molecule has 0 radical (unpaired) electrons. The highest BCUT2D eigenvalue weighted by atomic mass is 35.5. The predicted octanol–water partition coefficient (Wildman–Crippen LogP) is 4.87. The summed E-state index contributed by atoms with van der Waals surface area (Å²) in [6.07, 6.45) is -5.53. The standard InChI is InChI=1S/C17H12ClF3O3S/c1-23-16(22)12-5-11-6-13(18)10(4-9-2-3-25-8-9)7-14(11)24-15(12)17(19,20)21/h2-3,5-8,15H,4H2,1H3. The summed E-state index contributed by atoms with van der Waals surface area (Å²) in [4.78, 5) is 11.7. The van der Waals surface area contributed by atoms with Crippen LogP contribution < -0.4 is 4.74 Å². The van der Waals surface area contributed by atoms with Gasteiger partial charge in [-0.15, -0.1) is 0 Å². The SMILES string of the molecule is COC(=O)C1=Cc2cc(Cl)c(Cc3ccsc3)cc2OC1C(F)(F)F. The van der Waals surface area contributed by atoms with Gasteiger partial charge < -0.3 is 9.47 Å². The maximum absolute atomic E-state index is 13.3. The van der Waals surface area contributed by atoms with Crippen LogP contribution in [0.3, 0.4) is 0 Å². The fourth-order valence-electron chi connectivity index (χ4n) is 2.53. The van der Waals surface area contributed by atoms with Gasteiger partial charge >= 0.3 is 12.1 Å². The summed E-state index contributed by atoms with van der Waals surface area (Å²) in [5.74, 6) is -1.06. The fourth-order valence-corrected chi connectivity index (χ4v) is 3.44. The minimum atomic E-state index is -4.75. The molecule has 0 saturated carbocycles.